The van der Waals surface area contributed by atoms with Gasteiger partial charge in [0.25, 0.3) is 0 Å². The number of halogens is 4. The van der Waals surface area contributed by atoms with Gasteiger partial charge >= 0.3 is 6.18 Å². The third kappa shape index (κ3) is 5.55. The van der Waals surface area contributed by atoms with Crippen molar-refractivity contribution in [2.75, 3.05) is 11.9 Å². The second-order valence-corrected chi connectivity index (χ2v) is 4.85. The van der Waals surface area contributed by atoms with E-state index in [1.54, 1.807) is 18.2 Å². The Hall–Kier alpha value is -1.88. The van der Waals surface area contributed by atoms with Gasteiger partial charge in [0.2, 0.25) is 0 Å². The zero-order chi connectivity index (χ0) is 15.3. The number of benzene rings is 2. The highest BCUT2D eigenvalue weighted by Crippen LogP contribution is 2.20. The van der Waals surface area contributed by atoms with Crippen LogP contribution in [0.15, 0.2) is 48.5 Å². The van der Waals surface area contributed by atoms with Gasteiger partial charge in [0.15, 0.2) is 6.61 Å². The lowest BCUT2D eigenvalue weighted by Crippen LogP contribution is -2.19. The van der Waals surface area contributed by atoms with Gasteiger partial charge in [-0.3, -0.25) is 0 Å². The summed E-state index contributed by atoms with van der Waals surface area (Å²) in [6.45, 7) is -0.717. The molecule has 0 aromatic heterocycles. The molecular formula is C15H13ClF3NO. The van der Waals surface area contributed by atoms with E-state index in [0.29, 0.717) is 11.6 Å². The summed E-state index contributed by atoms with van der Waals surface area (Å²) >= 11 is 5.88. The number of nitrogens with one attached hydrogen (secondary N) is 1. The Balaban J connectivity index is 1.87. The Labute approximate surface area is 125 Å². The zero-order valence-electron chi connectivity index (χ0n) is 11.0. The molecule has 0 aliphatic rings. The van der Waals surface area contributed by atoms with Crippen LogP contribution in [0.1, 0.15) is 5.56 Å². The van der Waals surface area contributed by atoms with Crippen molar-refractivity contribution in [3.8, 4) is 5.75 Å². The smallest absolute Gasteiger partial charge is 0.422 e. The molecule has 6 heteroatoms. The number of rotatable bonds is 5. The molecule has 21 heavy (non-hydrogen) atoms. The number of hydrogen-bond acceptors (Lipinski definition) is 2. The standard InChI is InChI=1S/C15H13ClF3NO/c16-12-3-1-2-11(8-12)9-20-13-4-6-14(7-5-13)21-10-15(17,18)19/h1-8,20H,9-10H2. The fourth-order valence-electron chi connectivity index (χ4n) is 1.69. The quantitative estimate of drug-likeness (QED) is 0.848. The van der Waals surface area contributed by atoms with Gasteiger partial charge in [0.1, 0.15) is 5.75 Å². The second kappa shape index (κ2) is 6.72. The van der Waals surface area contributed by atoms with Crippen molar-refractivity contribution in [3.63, 3.8) is 0 Å². The molecule has 1 N–H and O–H groups in total. The zero-order valence-corrected chi connectivity index (χ0v) is 11.7. The van der Waals surface area contributed by atoms with Crippen LogP contribution in [-0.4, -0.2) is 12.8 Å². The van der Waals surface area contributed by atoms with Gasteiger partial charge in [-0.2, -0.15) is 13.2 Å². The molecule has 0 spiro atoms. The fraction of sp³-hybridized carbons (Fsp3) is 0.200. The minimum absolute atomic E-state index is 0.181. The van der Waals surface area contributed by atoms with Gasteiger partial charge in [-0.1, -0.05) is 23.7 Å². The van der Waals surface area contributed by atoms with E-state index in [1.165, 1.54) is 12.1 Å². The highest BCUT2D eigenvalue weighted by atomic mass is 35.5. The van der Waals surface area contributed by atoms with Gasteiger partial charge < -0.3 is 10.1 Å². The second-order valence-electron chi connectivity index (χ2n) is 4.41. The Morgan fingerprint density at radius 2 is 1.76 bits per heavy atom. The summed E-state index contributed by atoms with van der Waals surface area (Å²) in [6, 6.07) is 13.7. The molecule has 0 radical (unpaired) electrons. The maximum Gasteiger partial charge on any atom is 0.422 e. The van der Waals surface area contributed by atoms with E-state index in [9.17, 15) is 13.2 Å². The van der Waals surface area contributed by atoms with E-state index in [-0.39, 0.29) is 5.75 Å². The van der Waals surface area contributed by atoms with E-state index in [1.807, 2.05) is 18.2 Å². The predicted molar refractivity (Wildman–Crippen MR) is 76.8 cm³/mol. The molecule has 0 unspecified atom stereocenters. The Morgan fingerprint density at radius 3 is 2.38 bits per heavy atom. The lowest BCUT2D eigenvalue weighted by atomic mass is 10.2. The van der Waals surface area contributed by atoms with Crippen LogP contribution in [0.25, 0.3) is 0 Å². The average molecular weight is 316 g/mol. The minimum Gasteiger partial charge on any atom is -0.484 e. The van der Waals surface area contributed by atoms with Crippen molar-refractivity contribution in [1.29, 1.82) is 0 Å². The van der Waals surface area contributed by atoms with Crippen LogP contribution < -0.4 is 10.1 Å². The summed E-state index contributed by atoms with van der Waals surface area (Å²) in [5, 5.41) is 3.81. The third-order valence-corrected chi connectivity index (χ3v) is 2.88. The van der Waals surface area contributed by atoms with Gasteiger partial charge in [-0.05, 0) is 42.0 Å². The molecule has 0 saturated carbocycles. The molecule has 0 heterocycles. The van der Waals surface area contributed by atoms with E-state index in [2.05, 4.69) is 10.1 Å². The molecule has 0 atom stereocenters. The normalized spacial score (nSPS) is 11.2. The Morgan fingerprint density at radius 1 is 1.05 bits per heavy atom. The van der Waals surface area contributed by atoms with Gasteiger partial charge in [-0.25, -0.2) is 0 Å². The average Bonchev–Trinajstić information content (AvgIpc) is 2.43. The maximum atomic E-state index is 12.0. The molecule has 0 fully saturated rings. The first-order valence-electron chi connectivity index (χ1n) is 6.20. The topological polar surface area (TPSA) is 21.3 Å². The first-order valence-corrected chi connectivity index (χ1v) is 6.58. The summed E-state index contributed by atoms with van der Waals surface area (Å²) in [6.07, 6.45) is -4.33. The van der Waals surface area contributed by atoms with Crippen LogP contribution in [0.5, 0.6) is 5.75 Å². The molecule has 2 aromatic carbocycles. The van der Waals surface area contributed by atoms with E-state index >= 15 is 0 Å². The highest BCUT2D eigenvalue weighted by Gasteiger charge is 2.28. The SMILES string of the molecule is FC(F)(F)COc1ccc(NCc2cccc(Cl)c2)cc1. The van der Waals surface area contributed by atoms with Crippen molar-refractivity contribution in [2.45, 2.75) is 12.7 Å². The van der Waals surface area contributed by atoms with Gasteiger partial charge in [-0.15, -0.1) is 0 Å². The molecule has 0 saturated heterocycles. The van der Waals surface area contributed by atoms with E-state index in [0.717, 1.165) is 11.3 Å². The van der Waals surface area contributed by atoms with Crippen LogP contribution in [0.2, 0.25) is 5.02 Å². The summed E-state index contributed by atoms with van der Waals surface area (Å²) in [5.74, 6) is 0.181. The number of ether oxygens (including phenoxy) is 1. The Bertz CT molecular complexity index is 584. The van der Waals surface area contributed by atoms with Crippen LogP contribution in [0.4, 0.5) is 18.9 Å². The number of alkyl halides is 3. The fourth-order valence-corrected chi connectivity index (χ4v) is 1.90. The summed E-state index contributed by atoms with van der Waals surface area (Å²) in [5.41, 5.74) is 1.80. The largest absolute Gasteiger partial charge is 0.484 e. The number of anilines is 1. The minimum atomic E-state index is -4.33. The molecular weight excluding hydrogens is 303 g/mol. The summed E-state index contributed by atoms with van der Waals surface area (Å²) < 4.78 is 40.7. The van der Waals surface area contributed by atoms with Crippen molar-refractivity contribution in [1.82, 2.24) is 0 Å². The van der Waals surface area contributed by atoms with E-state index in [4.69, 9.17) is 11.6 Å². The van der Waals surface area contributed by atoms with Crippen molar-refractivity contribution >= 4 is 17.3 Å². The molecule has 2 rings (SSSR count). The monoisotopic (exact) mass is 315 g/mol. The Kier molecular flexibility index (Phi) is 4.96. The molecule has 2 aromatic rings. The lowest BCUT2D eigenvalue weighted by Gasteiger charge is -2.10. The summed E-state index contributed by atoms with van der Waals surface area (Å²) in [7, 11) is 0. The van der Waals surface area contributed by atoms with Crippen LogP contribution in [-0.2, 0) is 6.54 Å². The van der Waals surface area contributed by atoms with Crippen molar-refractivity contribution < 1.29 is 17.9 Å². The molecule has 2 nitrogen and oxygen atoms in total. The van der Waals surface area contributed by atoms with E-state index < -0.39 is 12.8 Å². The predicted octanol–water partition coefficient (Wildman–Crippen LogP) is 4.89. The molecule has 0 bridgehead atoms. The molecule has 112 valence electrons. The molecule has 0 aliphatic carbocycles. The van der Waals surface area contributed by atoms with Crippen LogP contribution in [0.3, 0.4) is 0 Å². The van der Waals surface area contributed by atoms with Crippen LogP contribution >= 0.6 is 11.6 Å². The van der Waals surface area contributed by atoms with Crippen molar-refractivity contribution in [2.24, 2.45) is 0 Å². The maximum absolute atomic E-state index is 12.0. The van der Waals surface area contributed by atoms with Crippen LogP contribution in [0, 0.1) is 0 Å². The number of hydrogen-bond donors (Lipinski definition) is 1. The lowest BCUT2D eigenvalue weighted by molar-refractivity contribution is -0.153. The molecule has 0 amide bonds. The third-order valence-electron chi connectivity index (χ3n) is 2.64. The molecule has 0 aliphatic heterocycles. The van der Waals surface area contributed by atoms with Crippen molar-refractivity contribution in [3.05, 3.63) is 59.1 Å². The van der Waals surface area contributed by atoms with Gasteiger partial charge in [0, 0.05) is 17.3 Å². The van der Waals surface area contributed by atoms with Gasteiger partial charge in [0.05, 0.1) is 0 Å². The first-order chi connectivity index (χ1) is 9.92. The highest BCUT2D eigenvalue weighted by molar-refractivity contribution is 6.30. The first kappa shape index (κ1) is 15.5. The summed E-state index contributed by atoms with van der Waals surface area (Å²) in [4.78, 5) is 0.